The van der Waals surface area contributed by atoms with Gasteiger partial charge in [0.2, 0.25) is 11.7 Å². The van der Waals surface area contributed by atoms with Crippen LogP contribution in [0.15, 0.2) is 35.9 Å². The second-order valence-electron chi connectivity index (χ2n) is 11.1. The van der Waals surface area contributed by atoms with E-state index in [1.165, 1.54) is 28.4 Å². The fourth-order valence-electron chi connectivity index (χ4n) is 4.34. The first-order valence-corrected chi connectivity index (χ1v) is 14.3. The third-order valence-corrected chi connectivity index (χ3v) is 6.50. The molecule has 0 spiro atoms. The van der Waals surface area contributed by atoms with Crippen molar-refractivity contribution in [2.45, 2.75) is 52.2 Å². The van der Waals surface area contributed by atoms with Crippen molar-refractivity contribution in [2.75, 3.05) is 40.3 Å². The molecule has 0 radical (unpaired) electrons. The van der Waals surface area contributed by atoms with Crippen LogP contribution in [-0.4, -0.2) is 80.4 Å². The highest BCUT2D eigenvalue weighted by molar-refractivity contribution is 6.11. The van der Waals surface area contributed by atoms with Gasteiger partial charge in [-0.05, 0) is 82.0 Å². The average molecular weight is 659 g/mol. The summed E-state index contributed by atoms with van der Waals surface area (Å²) in [6.45, 7) is 6.31. The first-order chi connectivity index (χ1) is 22.0. The van der Waals surface area contributed by atoms with E-state index >= 15 is 0 Å². The average Bonchev–Trinajstić information content (AvgIpc) is 2.99. The number of hydrogen-bond donors (Lipinski definition) is 4. The number of allylic oxidation sites excluding steroid dienone is 1. The number of hydrazine groups is 1. The van der Waals surface area contributed by atoms with Crippen LogP contribution in [0.1, 0.15) is 56.5 Å². The molecule has 16 nitrogen and oxygen atoms in total. The van der Waals surface area contributed by atoms with Crippen molar-refractivity contribution in [3.8, 4) is 23.0 Å². The standard InChI is InChI=1S/C31H42N6O10/c1-18(26(38)20-16-24(44-6)27(46-8)25(17-20)45-7)14-19-11-12-23(43-5)22(15-19)34-28(39)21(35-30(40)47-31(2,3)4)10-9-13-36(29(32)33)37(41)42/h11-12,14-17,21H,9-10,13H2,1-8H3,(H3,32,33)(H,34,39)(H,35,40). The topological polar surface area (TPSA) is 218 Å². The highest BCUT2D eigenvalue weighted by atomic mass is 16.7. The Hall–Kier alpha value is -5.54. The van der Waals surface area contributed by atoms with Crippen LogP contribution in [0.3, 0.4) is 0 Å². The number of amides is 2. The molecule has 2 amide bonds. The molecule has 5 N–H and O–H groups in total. The van der Waals surface area contributed by atoms with E-state index in [0.717, 1.165) is 0 Å². The molecule has 0 bridgehead atoms. The summed E-state index contributed by atoms with van der Waals surface area (Å²) in [5.74, 6) is -0.491. The SMILES string of the molecule is COc1ccc(C=C(C)C(=O)c2cc(OC)c(OC)c(OC)c2)cc1NC(=O)C(CCCN(C(=N)N)[N+](=O)[O-])NC(=O)OC(C)(C)C. The molecule has 0 aromatic heterocycles. The van der Waals surface area contributed by atoms with Crippen LogP contribution in [0.2, 0.25) is 0 Å². The summed E-state index contributed by atoms with van der Waals surface area (Å²) in [6, 6.07) is 6.75. The number of nitrogens with zero attached hydrogens (tertiary/aromatic N) is 2. The molecule has 256 valence electrons. The minimum atomic E-state index is -1.20. The lowest BCUT2D eigenvalue weighted by atomic mass is 10.0. The Balaban J connectivity index is 2.37. The zero-order chi connectivity index (χ0) is 35.5. The summed E-state index contributed by atoms with van der Waals surface area (Å²) in [4.78, 5) is 50.6. The van der Waals surface area contributed by atoms with Crippen LogP contribution < -0.4 is 35.3 Å². The van der Waals surface area contributed by atoms with Crippen LogP contribution in [0.5, 0.6) is 23.0 Å². The van der Waals surface area contributed by atoms with Crippen molar-refractivity contribution in [1.82, 2.24) is 10.3 Å². The Morgan fingerprint density at radius 2 is 1.62 bits per heavy atom. The summed E-state index contributed by atoms with van der Waals surface area (Å²) in [7, 11) is 5.76. The van der Waals surface area contributed by atoms with Gasteiger partial charge in [-0.2, -0.15) is 0 Å². The summed E-state index contributed by atoms with van der Waals surface area (Å²) >= 11 is 0. The minimum absolute atomic E-state index is 0.0105. The predicted octanol–water partition coefficient (Wildman–Crippen LogP) is 4.01. The molecule has 0 aliphatic rings. The highest BCUT2D eigenvalue weighted by Gasteiger charge is 2.27. The summed E-state index contributed by atoms with van der Waals surface area (Å²) < 4.78 is 26.8. The molecule has 0 aliphatic carbocycles. The van der Waals surface area contributed by atoms with E-state index in [1.807, 2.05) is 0 Å². The quantitative estimate of drug-likeness (QED) is 0.0533. The van der Waals surface area contributed by atoms with Crippen LogP contribution in [0.4, 0.5) is 10.5 Å². The Bertz CT molecular complexity index is 1480. The van der Waals surface area contributed by atoms with Crippen molar-refractivity contribution >= 4 is 35.5 Å². The van der Waals surface area contributed by atoms with Crippen LogP contribution in [0, 0.1) is 15.5 Å². The monoisotopic (exact) mass is 658 g/mol. The fraction of sp³-hybridized carbons (Fsp3) is 0.419. The van der Waals surface area contributed by atoms with E-state index in [9.17, 15) is 24.5 Å². The molecule has 16 heteroatoms. The van der Waals surface area contributed by atoms with E-state index in [-0.39, 0.29) is 36.6 Å². The zero-order valence-electron chi connectivity index (χ0n) is 27.7. The van der Waals surface area contributed by atoms with Gasteiger partial charge in [-0.3, -0.25) is 15.0 Å². The first-order valence-electron chi connectivity index (χ1n) is 14.3. The number of methoxy groups -OCH3 is 4. The normalized spacial score (nSPS) is 11.9. The predicted molar refractivity (Wildman–Crippen MR) is 174 cm³/mol. The molecule has 0 saturated heterocycles. The Labute approximate surface area is 272 Å². The number of carbonyl (C=O) groups excluding carboxylic acids is 3. The van der Waals surface area contributed by atoms with Gasteiger partial charge in [0.25, 0.3) is 5.96 Å². The molecule has 47 heavy (non-hydrogen) atoms. The van der Waals surface area contributed by atoms with E-state index in [0.29, 0.717) is 39.0 Å². The van der Waals surface area contributed by atoms with Gasteiger partial charge in [0.1, 0.15) is 17.4 Å². The Morgan fingerprint density at radius 3 is 2.11 bits per heavy atom. The molecular weight excluding hydrogens is 616 g/mol. The number of nitrogens with one attached hydrogen (secondary N) is 3. The number of alkyl carbamates (subject to hydrolysis) is 1. The lowest BCUT2D eigenvalue weighted by molar-refractivity contribution is -0.629. The number of anilines is 1. The van der Waals surface area contributed by atoms with E-state index < -0.39 is 34.6 Å². The van der Waals surface area contributed by atoms with E-state index in [2.05, 4.69) is 10.6 Å². The number of ketones is 1. The molecule has 2 aromatic carbocycles. The van der Waals surface area contributed by atoms with Gasteiger partial charge < -0.3 is 40.1 Å². The molecule has 1 unspecified atom stereocenters. The van der Waals surface area contributed by atoms with Crippen LogP contribution >= 0.6 is 0 Å². The molecular formula is C31H42N6O10. The van der Waals surface area contributed by atoms with Crippen molar-refractivity contribution < 1.29 is 43.1 Å². The summed E-state index contributed by atoms with van der Waals surface area (Å²) in [5.41, 5.74) is 5.84. The molecule has 0 aliphatic heterocycles. The van der Waals surface area contributed by atoms with E-state index in [4.69, 9.17) is 34.8 Å². The maximum Gasteiger partial charge on any atom is 0.408 e. The van der Waals surface area contributed by atoms with Gasteiger partial charge >= 0.3 is 6.09 Å². The molecule has 2 aromatic rings. The number of Topliss-reactive ketones (excluding diaryl/α,β-unsaturated/α-hetero) is 1. The van der Waals surface area contributed by atoms with Gasteiger partial charge in [0.05, 0.1) is 40.7 Å². The lowest BCUT2D eigenvalue weighted by Gasteiger charge is -2.24. The van der Waals surface area contributed by atoms with Gasteiger partial charge in [0, 0.05) is 5.56 Å². The number of ether oxygens (including phenoxy) is 5. The molecule has 0 heterocycles. The van der Waals surface area contributed by atoms with Crippen molar-refractivity contribution in [1.29, 1.82) is 5.41 Å². The van der Waals surface area contributed by atoms with Crippen LogP contribution in [-0.2, 0) is 9.53 Å². The van der Waals surface area contributed by atoms with Gasteiger partial charge in [-0.15, -0.1) is 0 Å². The number of guanidine groups is 1. The maximum absolute atomic E-state index is 13.5. The minimum Gasteiger partial charge on any atom is -0.495 e. The number of rotatable bonds is 15. The van der Waals surface area contributed by atoms with E-state index in [1.54, 1.807) is 64.1 Å². The molecule has 0 saturated carbocycles. The van der Waals surface area contributed by atoms with Crippen molar-refractivity contribution in [2.24, 2.45) is 5.73 Å². The Morgan fingerprint density at radius 1 is 1.02 bits per heavy atom. The second kappa shape index (κ2) is 16.7. The Kier molecular flexibility index (Phi) is 13.4. The number of nitrogens with two attached hydrogens (primary N) is 1. The zero-order valence-corrected chi connectivity index (χ0v) is 27.7. The molecule has 1 atom stereocenters. The van der Waals surface area contributed by atoms with Gasteiger partial charge in [0.15, 0.2) is 22.3 Å². The number of benzene rings is 2. The van der Waals surface area contributed by atoms with Crippen LogP contribution in [0.25, 0.3) is 6.08 Å². The second-order valence-corrected chi connectivity index (χ2v) is 11.1. The summed E-state index contributed by atoms with van der Waals surface area (Å²) in [5, 5.41) is 23.4. The van der Waals surface area contributed by atoms with Crippen molar-refractivity contribution in [3.05, 3.63) is 57.1 Å². The molecule has 2 rings (SSSR count). The number of carbonyl (C=O) groups is 3. The third kappa shape index (κ3) is 10.8. The summed E-state index contributed by atoms with van der Waals surface area (Å²) in [6.07, 6.45) is 0.689. The third-order valence-electron chi connectivity index (χ3n) is 6.50. The molecule has 0 fully saturated rings. The largest absolute Gasteiger partial charge is 0.495 e. The smallest absolute Gasteiger partial charge is 0.408 e. The number of hydrogen-bond acceptors (Lipinski definition) is 11. The maximum atomic E-state index is 13.5. The lowest BCUT2D eigenvalue weighted by Crippen LogP contribution is -2.47. The highest BCUT2D eigenvalue weighted by Crippen LogP contribution is 2.39. The van der Waals surface area contributed by atoms with Gasteiger partial charge in [-0.1, -0.05) is 11.1 Å². The number of nitro groups is 1. The first kappa shape index (κ1) is 37.6. The fourth-order valence-corrected chi connectivity index (χ4v) is 4.34. The van der Waals surface area contributed by atoms with Gasteiger partial charge in [-0.25, -0.2) is 14.9 Å². The van der Waals surface area contributed by atoms with Crippen molar-refractivity contribution in [3.63, 3.8) is 0 Å².